The van der Waals surface area contributed by atoms with Crippen molar-refractivity contribution in [3.05, 3.63) is 88.5 Å². The SMILES string of the molecule is Cc1ncc(-c2nc3[nH]c(=O)c(-c4ccccn4)cc3nc2-c2ccc3ncccc3c2)s1. The van der Waals surface area contributed by atoms with Crippen LogP contribution in [-0.4, -0.2) is 29.9 Å². The van der Waals surface area contributed by atoms with Crippen molar-refractivity contribution >= 4 is 33.4 Å². The topological polar surface area (TPSA) is 97.3 Å². The molecule has 33 heavy (non-hydrogen) atoms. The zero-order valence-corrected chi connectivity index (χ0v) is 18.3. The van der Waals surface area contributed by atoms with Crippen molar-refractivity contribution in [1.82, 2.24) is 29.9 Å². The predicted molar refractivity (Wildman–Crippen MR) is 130 cm³/mol. The largest absolute Gasteiger partial charge is 0.305 e. The molecule has 0 aliphatic carbocycles. The second-order valence-electron chi connectivity index (χ2n) is 7.54. The number of nitrogens with zero attached hydrogens (tertiary/aromatic N) is 5. The van der Waals surface area contributed by atoms with E-state index in [0.29, 0.717) is 28.1 Å². The summed E-state index contributed by atoms with van der Waals surface area (Å²) >= 11 is 1.54. The van der Waals surface area contributed by atoms with Crippen LogP contribution in [-0.2, 0) is 0 Å². The molecule has 6 rings (SSSR count). The predicted octanol–water partition coefficient (Wildman–Crippen LogP) is 5.03. The average molecular weight is 449 g/mol. The van der Waals surface area contributed by atoms with Crippen LogP contribution in [0.25, 0.3) is 55.2 Å². The molecule has 5 aromatic heterocycles. The highest BCUT2D eigenvalue weighted by molar-refractivity contribution is 7.15. The van der Waals surface area contributed by atoms with E-state index in [2.05, 4.69) is 26.0 Å². The van der Waals surface area contributed by atoms with Crippen LogP contribution in [0, 0.1) is 6.92 Å². The highest BCUT2D eigenvalue weighted by atomic mass is 32.1. The van der Waals surface area contributed by atoms with Gasteiger partial charge >= 0.3 is 0 Å². The first-order valence-electron chi connectivity index (χ1n) is 10.3. The van der Waals surface area contributed by atoms with Crippen molar-refractivity contribution in [1.29, 1.82) is 0 Å². The highest BCUT2D eigenvalue weighted by Gasteiger charge is 2.18. The van der Waals surface area contributed by atoms with Gasteiger partial charge in [-0.2, -0.15) is 0 Å². The molecule has 1 N–H and O–H groups in total. The normalized spacial score (nSPS) is 11.3. The number of hydrogen-bond donors (Lipinski definition) is 1. The van der Waals surface area contributed by atoms with Crippen molar-refractivity contribution in [3.63, 3.8) is 0 Å². The Kier molecular flexibility index (Phi) is 4.51. The molecule has 1 aromatic carbocycles. The smallest absolute Gasteiger partial charge is 0.259 e. The summed E-state index contributed by atoms with van der Waals surface area (Å²) in [6, 6.07) is 17.2. The number of aromatic amines is 1. The molecule has 0 saturated carbocycles. The van der Waals surface area contributed by atoms with Crippen LogP contribution in [0.5, 0.6) is 0 Å². The minimum atomic E-state index is -0.258. The Morgan fingerprint density at radius 3 is 2.58 bits per heavy atom. The second-order valence-corrected chi connectivity index (χ2v) is 8.77. The molecule has 0 saturated heterocycles. The standard InChI is InChI=1S/C25H16N6OS/c1-14-28-13-21(33-14)23-22(16-7-8-18-15(11-16)5-4-10-26-18)29-20-12-17(19-6-2-3-9-27-19)25(32)31-24(20)30-23/h2-13H,1H3,(H,30,31,32). The molecule has 6 aromatic rings. The number of rotatable bonds is 3. The number of aromatic nitrogens is 6. The van der Waals surface area contributed by atoms with Crippen LogP contribution in [0.2, 0.25) is 0 Å². The summed E-state index contributed by atoms with van der Waals surface area (Å²) in [5.41, 5.74) is 5.01. The van der Waals surface area contributed by atoms with E-state index in [9.17, 15) is 4.79 Å². The third-order valence-corrected chi connectivity index (χ3v) is 6.27. The van der Waals surface area contributed by atoms with Gasteiger partial charge in [0.25, 0.3) is 5.56 Å². The fourth-order valence-corrected chi connectivity index (χ4v) is 4.57. The van der Waals surface area contributed by atoms with E-state index in [-0.39, 0.29) is 5.56 Å². The monoisotopic (exact) mass is 448 g/mol. The lowest BCUT2D eigenvalue weighted by atomic mass is 10.1. The maximum Gasteiger partial charge on any atom is 0.259 e. The lowest BCUT2D eigenvalue weighted by Crippen LogP contribution is -2.11. The van der Waals surface area contributed by atoms with Gasteiger partial charge in [0.05, 0.1) is 32.4 Å². The van der Waals surface area contributed by atoms with Gasteiger partial charge < -0.3 is 4.98 Å². The van der Waals surface area contributed by atoms with Crippen molar-refractivity contribution in [2.24, 2.45) is 0 Å². The minimum absolute atomic E-state index is 0.258. The van der Waals surface area contributed by atoms with E-state index in [0.717, 1.165) is 32.0 Å². The molecule has 0 aliphatic rings. The maximum atomic E-state index is 12.8. The number of pyridine rings is 3. The lowest BCUT2D eigenvalue weighted by Gasteiger charge is -2.10. The van der Waals surface area contributed by atoms with Crippen molar-refractivity contribution in [2.45, 2.75) is 6.92 Å². The van der Waals surface area contributed by atoms with Gasteiger partial charge in [0.1, 0.15) is 11.2 Å². The number of aryl methyl sites for hydroxylation is 1. The average Bonchev–Trinajstić information content (AvgIpc) is 3.29. The van der Waals surface area contributed by atoms with Gasteiger partial charge in [-0.05, 0) is 43.3 Å². The molecule has 158 valence electrons. The summed E-state index contributed by atoms with van der Waals surface area (Å²) in [4.78, 5) is 39.5. The quantitative estimate of drug-likeness (QED) is 0.408. The first-order chi connectivity index (χ1) is 16.2. The minimum Gasteiger partial charge on any atom is -0.305 e. The summed E-state index contributed by atoms with van der Waals surface area (Å²) in [6.45, 7) is 1.95. The lowest BCUT2D eigenvalue weighted by molar-refractivity contribution is 1.18. The molecular formula is C25H16N6OS. The van der Waals surface area contributed by atoms with Gasteiger partial charge in [-0.3, -0.25) is 14.8 Å². The van der Waals surface area contributed by atoms with Gasteiger partial charge in [-0.15, -0.1) is 11.3 Å². The van der Waals surface area contributed by atoms with E-state index in [1.807, 2.05) is 43.3 Å². The molecule has 8 heteroatoms. The molecule has 0 aliphatic heterocycles. The third-order valence-electron chi connectivity index (χ3n) is 5.35. The first-order valence-corrected chi connectivity index (χ1v) is 11.1. The maximum absolute atomic E-state index is 12.8. The molecular weight excluding hydrogens is 432 g/mol. The number of benzene rings is 1. The van der Waals surface area contributed by atoms with Gasteiger partial charge in [0.15, 0.2) is 5.65 Å². The Morgan fingerprint density at radius 2 is 1.76 bits per heavy atom. The molecule has 0 atom stereocenters. The Bertz CT molecular complexity index is 1710. The van der Waals surface area contributed by atoms with Crippen LogP contribution in [0.15, 0.2) is 78.0 Å². The van der Waals surface area contributed by atoms with E-state index < -0.39 is 0 Å². The molecule has 5 heterocycles. The van der Waals surface area contributed by atoms with Crippen molar-refractivity contribution in [3.8, 4) is 33.1 Å². The number of H-pyrrole nitrogens is 1. The Balaban J connectivity index is 1.63. The molecule has 7 nitrogen and oxygen atoms in total. The van der Waals surface area contributed by atoms with Crippen LogP contribution in [0.4, 0.5) is 0 Å². The number of thiazole rings is 1. The molecule has 0 radical (unpaired) electrons. The number of fused-ring (bicyclic) bond motifs is 2. The van der Waals surface area contributed by atoms with Gasteiger partial charge in [0.2, 0.25) is 0 Å². The van der Waals surface area contributed by atoms with E-state index in [1.165, 1.54) is 11.3 Å². The Labute approximate surface area is 191 Å². The summed E-state index contributed by atoms with van der Waals surface area (Å²) in [7, 11) is 0. The summed E-state index contributed by atoms with van der Waals surface area (Å²) < 4.78 is 0. The van der Waals surface area contributed by atoms with Crippen molar-refractivity contribution < 1.29 is 0 Å². The fraction of sp³-hybridized carbons (Fsp3) is 0.0400. The van der Waals surface area contributed by atoms with Crippen LogP contribution in [0.1, 0.15) is 5.01 Å². The zero-order valence-electron chi connectivity index (χ0n) is 17.5. The number of nitrogens with one attached hydrogen (secondary N) is 1. The van der Waals surface area contributed by atoms with E-state index in [4.69, 9.17) is 9.97 Å². The van der Waals surface area contributed by atoms with Gasteiger partial charge in [-0.25, -0.2) is 15.0 Å². The van der Waals surface area contributed by atoms with E-state index in [1.54, 1.807) is 30.7 Å². The highest BCUT2D eigenvalue weighted by Crippen LogP contribution is 2.34. The zero-order chi connectivity index (χ0) is 22.4. The summed E-state index contributed by atoms with van der Waals surface area (Å²) in [5.74, 6) is 0. The van der Waals surface area contributed by atoms with Gasteiger partial charge in [-0.1, -0.05) is 18.2 Å². The van der Waals surface area contributed by atoms with Crippen LogP contribution < -0.4 is 5.56 Å². The first kappa shape index (κ1) is 19.4. The molecule has 0 amide bonds. The van der Waals surface area contributed by atoms with Crippen LogP contribution >= 0.6 is 11.3 Å². The van der Waals surface area contributed by atoms with Crippen molar-refractivity contribution in [2.75, 3.05) is 0 Å². The Morgan fingerprint density at radius 1 is 0.848 bits per heavy atom. The molecule has 0 bridgehead atoms. The number of hydrogen-bond acceptors (Lipinski definition) is 7. The third kappa shape index (κ3) is 3.46. The fourth-order valence-electron chi connectivity index (χ4n) is 3.80. The van der Waals surface area contributed by atoms with Gasteiger partial charge in [0, 0.05) is 29.5 Å². The molecule has 0 unspecified atom stereocenters. The second kappa shape index (κ2) is 7.68. The molecule has 0 spiro atoms. The van der Waals surface area contributed by atoms with E-state index >= 15 is 0 Å². The Hall–Kier alpha value is -4.30. The summed E-state index contributed by atoms with van der Waals surface area (Å²) in [5, 5.41) is 1.94. The molecule has 0 fully saturated rings. The van der Waals surface area contributed by atoms with Crippen LogP contribution in [0.3, 0.4) is 0 Å². The summed E-state index contributed by atoms with van der Waals surface area (Å²) in [6.07, 6.45) is 5.23.